The van der Waals surface area contributed by atoms with Gasteiger partial charge in [0.05, 0.1) is 18.2 Å². The summed E-state index contributed by atoms with van der Waals surface area (Å²) in [6.45, 7) is 2.65. The van der Waals surface area contributed by atoms with Crippen molar-refractivity contribution in [3.63, 3.8) is 0 Å². The molecule has 0 amide bonds. The summed E-state index contributed by atoms with van der Waals surface area (Å²) in [6.07, 6.45) is -2.68. The number of nitrogens with zero attached hydrogens (tertiary/aromatic N) is 2. The van der Waals surface area contributed by atoms with Crippen molar-refractivity contribution >= 4 is 11.4 Å². The molecular formula is C25H19F3N2O2+. The predicted molar refractivity (Wildman–Crippen MR) is 113 cm³/mol. The van der Waals surface area contributed by atoms with E-state index in [0.29, 0.717) is 25.3 Å². The van der Waals surface area contributed by atoms with Crippen molar-refractivity contribution in [3.05, 3.63) is 93.4 Å². The molecule has 0 aromatic heterocycles. The van der Waals surface area contributed by atoms with Crippen LogP contribution in [0.1, 0.15) is 23.6 Å². The first kappa shape index (κ1) is 23.0. The Bertz CT molecular complexity index is 1150. The Labute approximate surface area is 184 Å². The molecule has 1 radical (unpaired) electrons. The molecule has 2 aromatic rings. The lowest BCUT2D eigenvalue weighted by molar-refractivity contribution is -0.166. The average molecular weight is 436 g/mol. The number of alkyl halides is 3. The summed E-state index contributed by atoms with van der Waals surface area (Å²) in [7, 11) is 0. The van der Waals surface area contributed by atoms with Crippen LogP contribution >= 0.6 is 0 Å². The molecule has 2 aromatic carbocycles. The first-order valence-electron chi connectivity index (χ1n) is 9.81. The lowest BCUT2D eigenvalue weighted by atomic mass is 9.79. The largest absolute Gasteiger partial charge is 0.403 e. The number of nitriles is 1. The Hall–Kier alpha value is -3.68. The number of benzene rings is 2. The number of ketones is 1. The van der Waals surface area contributed by atoms with Gasteiger partial charge in [0.25, 0.3) is 6.54 Å². The van der Waals surface area contributed by atoms with Crippen LogP contribution < -0.4 is 0 Å². The quantitative estimate of drug-likeness (QED) is 0.592. The first-order chi connectivity index (χ1) is 15.3. The maximum Gasteiger partial charge on any atom is 0.403 e. The van der Waals surface area contributed by atoms with Gasteiger partial charge in [0.2, 0.25) is 0 Å². The van der Waals surface area contributed by atoms with E-state index in [2.05, 4.69) is 17.0 Å². The third kappa shape index (κ3) is 5.51. The second kappa shape index (κ2) is 10.1. The van der Waals surface area contributed by atoms with Crippen molar-refractivity contribution in [1.29, 1.82) is 5.26 Å². The van der Waals surface area contributed by atoms with Crippen LogP contribution in [-0.2, 0) is 16.1 Å². The predicted octanol–water partition coefficient (Wildman–Crippen LogP) is 5.37. The molecule has 3 rings (SSSR count). The minimum Gasteiger partial charge on any atom is -0.369 e. The molecule has 0 aliphatic heterocycles. The highest BCUT2D eigenvalue weighted by Crippen LogP contribution is 2.43. The number of allylic oxidation sites excluding steroid dienone is 4. The van der Waals surface area contributed by atoms with Gasteiger partial charge in [0.15, 0.2) is 5.78 Å². The van der Waals surface area contributed by atoms with E-state index >= 15 is 0 Å². The van der Waals surface area contributed by atoms with E-state index in [1.165, 1.54) is 19.1 Å². The van der Waals surface area contributed by atoms with Crippen LogP contribution in [0.15, 0.2) is 65.7 Å². The molecule has 0 N–H and O–H groups in total. The van der Waals surface area contributed by atoms with Crippen LogP contribution in [0, 0.1) is 29.4 Å². The number of hydrogen-bond acceptors (Lipinski definition) is 3. The summed E-state index contributed by atoms with van der Waals surface area (Å²) in [4.78, 5) is 16.2. The van der Waals surface area contributed by atoms with Gasteiger partial charge in [-0.3, -0.25) is 4.79 Å². The molecule has 0 heterocycles. The summed E-state index contributed by atoms with van der Waals surface area (Å²) in [5.74, 6) is -3.61. The van der Waals surface area contributed by atoms with Gasteiger partial charge in [-0.05, 0) is 41.3 Å². The molecule has 1 aliphatic rings. The standard InChI is InChI=1S/C25H19F3N2O2/c1-17-13-22(31)24(25(26,27)28)23(21(17)14-29)20-9-7-18(8-10-20)15-30-11-12-32-16-19-5-3-2-4-6-19/h2-10,24H,11-12,16H2,1H3/q+1. The van der Waals surface area contributed by atoms with Crippen molar-refractivity contribution in [2.24, 2.45) is 5.92 Å². The molecule has 0 spiro atoms. The monoisotopic (exact) mass is 436 g/mol. The molecule has 32 heavy (non-hydrogen) atoms. The van der Waals surface area contributed by atoms with Crippen molar-refractivity contribution in [3.8, 4) is 12.1 Å². The van der Waals surface area contributed by atoms with Crippen molar-refractivity contribution in [2.45, 2.75) is 19.7 Å². The van der Waals surface area contributed by atoms with E-state index in [-0.39, 0.29) is 22.3 Å². The van der Waals surface area contributed by atoms with Crippen LogP contribution in [0.25, 0.3) is 10.4 Å². The number of carbonyl (C=O) groups excluding carboxylic acids is 1. The zero-order valence-corrected chi connectivity index (χ0v) is 17.2. The first-order valence-corrected chi connectivity index (χ1v) is 9.81. The molecule has 1 atom stereocenters. The molecule has 1 aliphatic carbocycles. The molecule has 0 saturated heterocycles. The fourth-order valence-electron chi connectivity index (χ4n) is 3.31. The number of Topliss-reactive ketones (excluding diaryl/α,β-unsaturated/α-hetero) is 1. The Morgan fingerprint density at radius 2 is 1.81 bits per heavy atom. The van der Waals surface area contributed by atoms with E-state index < -0.39 is 17.9 Å². The number of rotatable bonds is 5. The normalized spacial score (nSPS) is 16.2. The van der Waals surface area contributed by atoms with Gasteiger partial charge in [-0.15, -0.1) is 0 Å². The molecule has 0 bridgehead atoms. The Morgan fingerprint density at radius 1 is 1.12 bits per heavy atom. The van der Waals surface area contributed by atoms with Gasteiger partial charge < -0.3 is 4.74 Å². The highest BCUT2D eigenvalue weighted by molar-refractivity contribution is 6.04. The van der Waals surface area contributed by atoms with Gasteiger partial charge in [-0.2, -0.15) is 18.4 Å². The van der Waals surface area contributed by atoms with Gasteiger partial charge in [0.1, 0.15) is 18.1 Å². The number of carbonyl (C=O) groups is 1. The van der Waals surface area contributed by atoms with Crippen molar-refractivity contribution in [1.82, 2.24) is 0 Å². The van der Waals surface area contributed by atoms with Crippen LogP contribution in [0.2, 0.25) is 0 Å². The Kier molecular flexibility index (Phi) is 7.25. The zero-order chi connectivity index (χ0) is 23.1. The summed E-state index contributed by atoms with van der Waals surface area (Å²) < 4.78 is 46.2. The van der Waals surface area contributed by atoms with E-state index in [9.17, 15) is 23.2 Å². The molecule has 0 fully saturated rings. The SMILES string of the molecule is CC1=[C]C(=O)C(C(F)(F)F)C(c2ccc(C#[N+]CCOCc3ccccc3)cc2)=C1C#N. The third-order valence-corrected chi connectivity index (χ3v) is 4.81. The van der Waals surface area contributed by atoms with Crippen LogP contribution in [0.3, 0.4) is 0 Å². The summed E-state index contributed by atoms with van der Waals surface area (Å²) in [5, 5.41) is 9.39. The highest BCUT2D eigenvalue weighted by atomic mass is 19.4. The summed E-state index contributed by atoms with van der Waals surface area (Å²) >= 11 is 0. The number of halogens is 3. The highest BCUT2D eigenvalue weighted by Gasteiger charge is 2.49. The van der Waals surface area contributed by atoms with E-state index in [1.807, 2.05) is 30.3 Å². The third-order valence-electron chi connectivity index (χ3n) is 4.81. The molecular weight excluding hydrogens is 417 g/mol. The molecule has 4 nitrogen and oxygen atoms in total. The van der Waals surface area contributed by atoms with Gasteiger partial charge in [-0.1, -0.05) is 47.3 Å². The van der Waals surface area contributed by atoms with E-state index in [1.54, 1.807) is 18.2 Å². The van der Waals surface area contributed by atoms with Crippen molar-refractivity contribution in [2.75, 3.05) is 13.2 Å². The average Bonchev–Trinajstić information content (AvgIpc) is 2.76. The Morgan fingerprint density at radius 3 is 2.44 bits per heavy atom. The van der Waals surface area contributed by atoms with Gasteiger partial charge in [-0.25, -0.2) is 0 Å². The summed E-state index contributed by atoms with van der Waals surface area (Å²) in [5.41, 5.74) is 1.33. The second-order valence-electron chi connectivity index (χ2n) is 7.10. The van der Waals surface area contributed by atoms with Crippen LogP contribution in [0.5, 0.6) is 0 Å². The Balaban J connectivity index is 1.70. The maximum absolute atomic E-state index is 13.6. The minimum atomic E-state index is -4.83. The minimum absolute atomic E-state index is 0.0979. The molecule has 0 saturated carbocycles. The lowest BCUT2D eigenvalue weighted by Gasteiger charge is -2.26. The zero-order valence-electron chi connectivity index (χ0n) is 17.2. The van der Waals surface area contributed by atoms with E-state index in [4.69, 9.17) is 4.74 Å². The fraction of sp³-hybridized carbons (Fsp3) is 0.240. The van der Waals surface area contributed by atoms with Gasteiger partial charge >= 0.3 is 12.2 Å². The lowest BCUT2D eigenvalue weighted by Crippen LogP contribution is -2.34. The van der Waals surface area contributed by atoms with Crippen LogP contribution in [0.4, 0.5) is 13.2 Å². The second-order valence-corrected chi connectivity index (χ2v) is 7.10. The molecule has 1 unspecified atom stereocenters. The van der Waals surface area contributed by atoms with Crippen LogP contribution in [-0.4, -0.2) is 25.1 Å². The number of hydrogen-bond donors (Lipinski definition) is 0. The van der Waals surface area contributed by atoms with Crippen molar-refractivity contribution < 1.29 is 22.7 Å². The van der Waals surface area contributed by atoms with Gasteiger partial charge in [0, 0.05) is 6.08 Å². The fourth-order valence-corrected chi connectivity index (χ4v) is 3.31. The number of ether oxygens (including phenoxy) is 1. The molecule has 7 heteroatoms. The topological polar surface area (TPSA) is 54.5 Å². The molecule has 161 valence electrons. The van der Waals surface area contributed by atoms with E-state index in [0.717, 1.165) is 5.56 Å². The summed E-state index contributed by atoms with van der Waals surface area (Å²) in [6, 6.07) is 20.3. The maximum atomic E-state index is 13.6. The smallest absolute Gasteiger partial charge is 0.369 e.